The van der Waals surface area contributed by atoms with Crippen LogP contribution in [-0.2, 0) is 10.2 Å². The number of likely N-dealkylation sites (N-methyl/N-ethyl adjacent to an activating group) is 1. The van der Waals surface area contributed by atoms with E-state index < -0.39 is 10.2 Å². The van der Waals surface area contributed by atoms with E-state index in [9.17, 15) is 8.42 Å². The molecule has 2 rings (SSSR count). The van der Waals surface area contributed by atoms with Gasteiger partial charge in [-0.05, 0) is 12.1 Å². The van der Waals surface area contributed by atoms with Crippen molar-refractivity contribution < 1.29 is 8.42 Å². The van der Waals surface area contributed by atoms with Crippen molar-refractivity contribution in [2.24, 2.45) is 0 Å². The number of para-hydroxylation sites is 1. The molecule has 90 valence electrons. The quantitative estimate of drug-likeness (QED) is 0.752. The highest BCUT2D eigenvalue weighted by Gasteiger charge is 2.33. The lowest BCUT2D eigenvalue weighted by Gasteiger charge is -2.17. The first-order valence-corrected chi connectivity index (χ1v) is 6.81. The molecule has 0 N–H and O–H groups in total. The predicted molar refractivity (Wildman–Crippen MR) is 66.7 cm³/mol. The molecule has 5 heteroatoms. The van der Waals surface area contributed by atoms with Gasteiger partial charge in [0.25, 0.3) is 0 Å². The van der Waals surface area contributed by atoms with Crippen molar-refractivity contribution in [2.45, 2.75) is 13.8 Å². The monoisotopic (exact) mass is 242 g/mol. The third-order valence-corrected chi connectivity index (χ3v) is 4.26. The van der Waals surface area contributed by atoms with Crippen LogP contribution in [-0.4, -0.2) is 32.9 Å². The molecule has 0 aliphatic carbocycles. The van der Waals surface area contributed by atoms with Crippen molar-refractivity contribution in [3.63, 3.8) is 0 Å². The SMILES string of the molecule is CC.CN1CCN(c2ccccc2)S1(=O)=O. The van der Waals surface area contributed by atoms with Crippen LogP contribution in [0.3, 0.4) is 0 Å². The summed E-state index contributed by atoms with van der Waals surface area (Å²) in [4.78, 5) is 0. The molecule has 1 heterocycles. The molecule has 1 aromatic rings. The van der Waals surface area contributed by atoms with Gasteiger partial charge < -0.3 is 0 Å². The minimum absolute atomic E-state index is 0.531. The zero-order valence-electron chi connectivity index (χ0n) is 9.92. The van der Waals surface area contributed by atoms with Crippen molar-refractivity contribution in [1.29, 1.82) is 0 Å². The Kier molecular flexibility index (Phi) is 4.32. The maximum absolute atomic E-state index is 11.7. The number of hydrogen-bond donors (Lipinski definition) is 0. The normalized spacial score (nSPS) is 19.1. The van der Waals surface area contributed by atoms with Crippen molar-refractivity contribution in [3.8, 4) is 0 Å². The Morgan fingerprint density at radius 1 is 1.06 bits per heavy atom. The van der Waals surface area contributed by atoms with Crippen LogP contribution in [0.2, 0.25) is 0 Å². The maximum atomic E-state index is 11.7. The molecule has 0 bridgehead atoms. The first-order chi connectivity index (χ1) is 7.62. The molecule has 0 spiro atoms. The molecule has 0 amide bonds. The van der Waals surface area contributed by atoms with Gasteiger partial charge in [-0.15, -0.1) is 0 Å². The molecule has 1 aliphatic heterocycles. The molecule has 0 radical (unpaired) electrons. The Morgan fingerprint density at radius 3 is 2.06 bits per heavy atom. The van der Waals surface area contributed by atoms with Gasteiger partial charge in [-0.2, -0.15) is 12.7 Å². The highest BCUT2D eigenvalue weighted by Crippen LogP contribution is 2.23. The van der Waals surface area contributed by atoms with E-state index in [4.69, 9.17) is 0 Å². The van der Waals surface area contributed by atoms with E-state index in [1.165, 1.54) is 8.61 Å². The summed E-state index contributed by atoms with van der Waals surface area (Å²) in [6.07, 6.45) is 0. The molecule has 1 fully saturated rings. The van der Waals surface area contributed by atoms with E-state index in [1.807, 2.05) is 32.0 Å². The summed E-state index contributed by atoms with van der Waals surface area (Å²) in [5.74, 6) is 0. The van der Waals surface area contributed by atoms with Crippen LogP contribution in [0.25, 0.3) is 0 Å². The Bertz CT molecular complexity index is 417. The average molecular weight is 242 g/mol. The molecule has 1 aromatic carbocycles. The van der Waals surface area contributed by atoms with Gasteiger partial charge in [0.15, 0.2) is 0 Å². The van der Waals surface area contributed by atoms with E-state index in [2.05, 4.69) is 0 Å². The number of rotatable bonds is 1. The van der Waals surface area contributed by atoms with E-state index in [0.29, 0.717) is 13.1 Å². The number of hydrogen-bond acceptors (Lipinski definition) is 2. The highest BCUT2D eigenvalue weighted by atomic mass is 32.2. The van der Waals surface area contributed by atoms with Gasteiger partial charge in [-0.1, -0.05) is 32.0 Å². The van der Waals surface area contributed by atoms with Crippen LogP contribution >= 0.6 is 0 Å². The highest BCUT2D eigenvalue weighted by molar-refractivity contribution is 7.90. The van der Waals surface area contributed by atoms with Crippen LogP contribution < -0.4 is 4.31 Å². The molecular weight excluding hydrogens is 224 g/mol. The zero-order valence-corrected chi connectivity index (χ0v) is 10.7. The maximum Gasteiger partial charge on any atom is 0.303 e. The minimum Gasteiger partial charge on any atom is -0.256 e. The van der Waals surface area contributed by atoms with Gasteiger partial charge in [0.1, 0.15) is 0 Å². The van der Waals surface area contributed by atoms with Crippen LogP contribution in [0.1, 0.15) is 13.8 Å². The second-order valence-electron chi connectivity index (χ2n) is 3.24. The molecule has 0 atom stereocenters. The fourth-order valence-electron chi connectivity index (χ4n) is 1.49. The fourth-order valence-corrected chi connectivity index (χ4v) is 2.84. The van der Waals surface area contributed by atoms with Crippen molar-refractivity contribution in [3.05, 3.63) is 30.3 Å². The van der Waals surface area contributed by atoms with Crippen LogP contribution in [0.15, 0.2) is 30.3 Å². The lowest BCUT2D eigenvalue weighted by molar-refractivity contribution is 0.511. The molecule has 0 unspecified atom stereocenters. The van der Waals surface area contributed by atoms with E-state index in [0.717, 1.165) is 5.69 Å². The van der Waals surface area contributed by atoms with E-state index in [1.54, 1.807) is 19.2 Å². The Balaban J connectivity index is 0.000000606. The summed E-state index contributed by atoms with van der Waals surface area (Å²) >= 11 is 0. The van der Waals surface area contributed by atoms with Crippen LogP contribution in [0, 0.1) is 0 Å². The van der Waals surface area contributed by atoms with Gasteiger partial charge >= 0.3 is 10.2 Å². The van der Waals surface area contributed by atoms with Crippen molar-refractivity contribution >= 4 is 15.9 Å². The van der Waals surface area contributed by atoms with Crippen molar-refractivity contribution in [1.82, 2.24) is 4.31 Å². The first kappa shape index (κ1) is 13.0. The topological polar surface area (TPSA) is 40.6 Å². The predicted octanol–water partition coefficient (Wildman–Crippen LogP) is 1.71. The third kappa shape index (κ3) is 2.36. The third-order valence-electron chi connectivity index (χ3n) is 2.33. The zero-order chi connectivity index (χ0) is 12.2. The van der Waals surface area contributed by atoms with Crippen LogP contribution in [0.5, 0.6) is 0 Å². The minimum atomic E-state index is -3.25. The molecule has 0 aromatic heterocycles. The standard InChI is InChI=1S/C9H12N2O2S.C2H6/c1-10-7-8-11(14(10,12)13)9-5-3-2-4-6-9;1-2/h2-6H,7-8H2,1H3;1-2H3. The summed E-state index contributed by atoms with van der Waals surface area (Å²) in [6.45, 7) is 5.08. The van der Waals surface area contributed by atoms with Gasteiger partial charge in [-0.3, -0.25) is 4.31 Å². The van der Waals surface area contributed by atoms with Gasteiger partial charge in [0, 0.05) is 20.1 Å². The fraction of sp³-hybridized carbons (Fsp3) is 0.455. The Hall–Kier alpha value is -1.07. The summed E-state index contributed by atoms with van der Waals surface area (Å²) in [6, 6.07) is 9.15. The Labute approximate surface area is 97.7 Å². The lowest BCUT2D eigenvalue weighted by atomic mass is 10.3. The van der Waals surface area contributed by atoms with E-state index >= 15 is 0 Å². The number of anilines is 1. The molecule has 16 heavy (non-hydrogen) atoms. The smallest absolute Gasteiger partial charge is 0.256 e. The molecule has 4 nitrogen and oxygen atoms in total. The van der Waals surface area contributed by atoms with E-state index in [-0.39, 0.29) is 0 Å². The summed E-state index contributed by atoms with van der Waals surface area (Å²) < 4.78 is 26.3. The number of benzene rings is 1. The molecule has 1 saturated heterocycles. The Morgan fingerprint density at radius 2 is 1.62 bits per heavy atom. The summed E-state index contributed by atoms with van der Waals surface area (Å²) in [5, 5.41) is 0. The first-order valence-electron chi connectivity index (χ1n) is 5.41. The van der Waals surface area contributed by atoms with Gasteiger partial charge in [0.05, 0.1) is 5.69 Å². The van der Waals surface area contributed by atoms with Crippen LogP contribution in [0.4, 0.5) is 5.69 Å². The summed E-state index contributed by atoms with van der Waals surface area (Å²) in [5.41, 5.74) is 0.733. The second kappa shape index (κ2) is 5.32. The lowest BCUT2D eigenvalue weighted by Crippen LogP contribution is -2.30. The summed E-state index contributed by atoms with van der Waals surface area (Å²) in [7, 11) is -1.66. The van der Waals surface area contributed by atoms with Crippen molar-refractivity contribution in [2.75, 3.05) is 24.4 Å². The molecule has 0 saturated carbocycles. The molecule has 1 aliphatic rings. The molecular formula is C11H18N2O2S. The second-order valence-corrected chi connectivity index (χ2v) is 5.20. The largest absolute Gasteiger partial charge is 0.303 e. The average Bonchev–Trinajstić information content (AvgIpc) is 2.58. The number of nitrogens with zero attached hydrogens (tertiary/aromatic N) is 2. The van der Waals surface area contributed by atoms with Gasteiger partial charge in [-0.25, -0.2) is 0 Å². The van der Waals surface area contributed by atoms with Gasteiger partial charge in [0.2, 0.25) is 0 Å².